The van der Waals surface area contributed by atoms with Gasteiger partial charge in [0, 0.05) is 6.42 Å². The molecule has 1 atom stereocenters. The second-order valence-corrected chi connectivity index (χ2v) is 11.6. The van der Waals surface area contributed by atoms with Crippen LogP contribution in [0.25, 0.3) is 0 Å². The molecule has 1 unspecified atom stereocenters. The molecule has 0 spiro atoms. The van der Waals surface area contributed by atoms with E-state index in [4.69, 9.17) is 4.74 Å². The van der Waals surface area contributed by atoms with E-state index in [-0.39, 0.29) is 17.9 Å². The van der Waals surface area contributed by atoms with E-state index in [1.54, 1.807) is 0 Å². The van der Waals surface area contributed by atoms with Crippen molar-refractivity contribution in [2.75, 3.05) is 0 Å². The predicted molar refractivity (Wildman–Crippen MR) is 161 cm³/mol. The van der Waals surface area contributed by atoms with Gasteiger partial charge in [-0.3, -0.25) is 9.59 Å². The van der Waals surface area contributed by atoms with Crippen molar-refractivity contribution in [3.8, 4) is 0 Å². The van der Waals surface area contributed by atoms with Crippen LogP contribution in [0.2, 0.25) is 0 Å². The number of unbranched alkanes of at least 4 members (excludes halogenated alkanes) is 22. The summed E-state index contributed by atoms with van der Waals surface area (Å²) in [5.74, 6) is -0.648. The van der Waals surface area contributed by atoms with Gasteiger partial charge < -0.3 is 4.74 Å². The fraction of sp³-hybridized carbons (Fsp3) is 0.941. The van der Waals surface area contributed by atoms with Crippen molar-refractivity contribution in [3.63, 3.8) is 0 Å². The molecule has 0 aliphatic rings. The SMILES string of the molecule is CCCCCCCCCCCCCCCCCC(=O)OC(=O)C(CCCCCC)CCCCCCCC. The Labute approximate surface area is 232 Å². The predicted octanol–water partition coefficient (Wildman–Crippen LogP) is 11.7. The summed E-state index contributed by atoms with van der Waals surface area (Å²) >= 11 is 0. The van der Waals surface area contributed by atoms with Gasteiger partial charge in [0.2, 0.25) is 0 Å². The molecule has 0 aromatic heterocycles. The highest BCUT2D eigenvalue weighted by molar-refractivity contribution is 5.86. The summed E-state index contributed by atoms with van der Waals surface area (Å²) in [6.45, 7) is 6.72. The largest absolute Gasteiger partial charge is 0.393 e. The smallest absolute Gasteiger partial charge is 0.316 e. The summed E-state index contributed by atoms with van der Waals surface area (Å²) in [5.41, 5.74) is 0. The number of esters is 2. The van der Waals surface area contributed by atoms with Crippen LogP contribution < -0.4 is 0 Å². The van der Waals surface area contributed by atoms with E-state index in [9.17, 15) is 9.59 Å². The van der Waals surface area contributed by atoms with Crippen molar-refractivity contribution in [2.24, 2.45) is 5.92 Å². The Bertz CT molecular complexity index is 487. The summed E-state index contributed by atoms with van der Waals surface area (Å²) in [4.78, 5) is 25.0. The van der Waals surface area contributed by atoms with E-state index < -0.39 is 0 Å². The van der Waals surface area contributed by atoms with E-state index in [0.717, 1.165) is 38.5 Å². The van der Waals surface area contributed by atoms with E-state index in [0.29, 0.717) is 6.42 Å². The molecule has 0 aromatic carbocycles. The molecule has 0 rings (SSSR count). The average molecular weight is 523 g/mol. The van der Waals surface area contributed by atoms with Crippen LogP contribution in [-0.4, -0.2) is 11.9 Å². The van der Waals surface area contributed by atoms with E-state index in [1.807, 2.05) is 0 Å². The summed E-state index contributed by atoms with van der Waals surface area (Å²) in [7, 11) is 0. The molecular weight excluding hydrogens is 456 g/mol. The number of ether oxygens (including phenoxy) is 1. The highest BCUT2D eigenvalue weighted by Gasteiger charge is 2.22. The Morgan fingerprint density at radius 1 is 0.432 bits per heavy atom. The van der Waals surface area contributed by atoms with Crippen LogP contribution in [0.1, 0.15) is 201 Å². The van der Waals surface area contributed by atoms with E-state index in [2.05, 4.69) is 20.8 Å². The van der Waals surface area contributed by atoms with Gasteiger partial charge in [0.05, 0.1) is 5.92 Å². The topological polar surface area (TPSA) is 43.4 Å². The van der Waals surface area contributed by atoms with Gasteiger partial charge in [-0.15, -0.1) is 0 Å². The fourth-order valence-electron chi connectivity index (χ4n) is 5.26. The van der Waals surface area contributed by atoms with Crippen LogP contribution in [0.5, 0.6) is 0 Å². The van der Waals surface area contributed by atoms with Gasteiger partial charge in [0.25, 0.3) is 0 Å². The third-order valence-electron chi connectivity index (χ3n) is 7.84. The van der Waals surface area contributed by atoms with Gasteiger partial charge in [0.15, 0.2) is 0 Å². The number of hydrogen-bond donors (Lipinski definition) is 0. The Hall–Kier alpha value is -0.860. The van der Waals surface area contributed by atoms with E-state index >= 15 is 0 Å². The van der Waals surface area contributed by atoms with E-state index in [1.165, 1.54) is 135 Å². The number of carbonyl (C=O) groups is 2. The second-order valence-electron chi connectivity index (χ2n) is 11.6. The lowest BCUT2D eigenvalue weighted by molar-refractivity contribution is -0.163. The molecule has 0 amide bonds. The van der Waals surface area contributed by atoms with Gasteiger partial charge in [-0.05, 0) is 19.3 Å². The minimum atomic E-state index is -0.304. The van der Waals surface area contributed by atoms with Crippen molar-refractivity contribution >= 4 is 11.9 Å². The van der Waals surface area contributed by atoms with Gasteiger partial charge >= 0.3 is 11.9 Å². The molecule has 0 heterocycles. The second kappa shape index (κ2) is 29.7. The molecule has 220 valence electrons. The molecule has 0 saturated heterocycles. The molecule has 0 bridgehead atoms. The first-order valence-corrected chi connectivity index (χ1v) is 16.9. The highest BCUT2D eigenvalue weighted by Crippen LogP contribution is 2.21. The van der Waals surface area contributed by atoms with Crippen molar-refractivity contribution in [2.45, 2.75) is 201 Å². The highest BCUT2D eigenvalue weighted by atomic mass is 16.6. The monoisotopic (exact) mass is 523 g/mol. The minimum absolute atomic E-state index is 0.0898. The quantitative estimate of drug-likeness (QED) is 0.0557. The van der Waals surface area contributed by atoms with Crippen molar-refractivity contribution in [1.29, 1.82) is 0 Å². The lowest BCUT2D eigenvalue weighted by Gasteiger charge is -2.15. The Morgan fingerprint density at radius 3 is 1.11 bits per heavy atom. The first-order valence-electron chi connectivity index (χ1n) is 16.9. The van der Waals surface area contributed by atoms with Gasteiger partial charge in [-0.1, -0.05) is 175 Å². The maximum Gasteiger partial charge on any atom is 0.316 e. The van der Waals surface area contributed by atoms with Gasteiger partial charge in [-0.25, -0.2) is 0 Å². The third kappa shape index (κ3) is 26.5. The van der Waals surface area contributed by atoms with Crippen LogP contribution in [-0.2, 0) is 14.3 Å². The third-order valence-corrected chi connectivity index (χ3v) is 7.84. The van der Waals surface area contributed by atoms with Crippen LogP contribution in [0.3, 0.4) is 0 Å². The zero-order chi connectivity index (χ0) is 27.2. The van der Waals surface area contributed by atoms with Crippen LogP contribution in [0, 0.1) is 5.92 Å². The van der Waals surface area contributed by atoms with Gasteiger partial charge in [-0.2, -0.15) is 0 Å². The maximum absolute atomic E-state index is 12.7. The molecule has 0 radical (unpaired) electrons. The standard InChI is InChI=1S/C34H66O3/c1-4-7-10-13-15-16-17-18-19-20-21-22-23-25-28-31-33(35)37-34(36)32(29-26-12-9-6-3)30-27-24-14-11-8-5-2/h32H,4-31H2,1-3H3. The number of hydrogen-bond acceptors (Lipinski definition) is 3. The average Bonchev–Trinajstić information content (AvgIpc) is 2.89. The number of rotatable bonds is 29. The molecule has 3 heteroatoms. The molecular formula is C34H66O3. The molecule has 37 heavy (non-hydrogen) atoms. The minimum Gasteiger partial charge on any atom is -0.393 e. The zero-order valence-corrected chi connectivity index (χ0v) is 25.6. The Kier molecular flexibility index (Phi) is 29.0. The van der Waals surface area contributed by atoms with Crippen LogP contribution >= 0.6 is 0 Å². The molecule has 0 saturated carbocycles. The molecule has 0 aromatic rings. The van der Waals surface area contributed by atoms with Crippen molar-refractivity contribution in [3.05, 3.63) is 0 Å². The zero-order valence-electron chi connectivity index (χ0n) is 25.6. The van der Waals surface area contributed by atoms with Crippen LogP contribution in [0.4, 0.5) is 0 Å². The lowest BCUT2D eigenvalue weighted by Crippen LogP contribution is -2.21. The fourth-order valence-corrected chi connectivity index (χ4v) is 5.26. The molecule has 0 fully saturated rings. The first-order chi connectivity index (χ1) is 18.2. The Balaban J connectivity index is 3.83. The number of carbonyl (C=O) groups excluding carboxylic acids is 2. The summed E-state index contributed by atoms with van der Waals surface area (Å²) in [6.07, 6.45) is 33.8. The molecule has 3 nitrogen and oxygen atoms in total. The van der Waals surface area contributed by atoms with Crippen molar-refractivity contribution in [1.82, 2.24) is 0 Å². The molecule has 0 aliphatic carbocycles. The molecule has 0 N–H and O–H groups in total. The normalized spacial score (nSPS) is 12.1. The summed E-state index contributed by atoms with van der Waals surface area (Å²) < 4.78 is 5.31. The molecule has 0 aliphatic heterocycles. The maximum atomic E-state index is 12.7. The lowest BCUT2D eigenvalue weighted by atomic mass is 9.94. The first kappa shape index (κ1) is 36.1. The summed E-state index contributed by atoms with van der Waals surface area (Å²) in [6, 6.07) is 0. The van der Waals surface area contributed by atoms with Crippen LogP contribution in [0.15, 0.2) is 0 Å². The van der Waals surface area contributed by atoms with Crippen molar-refractivity contribution < 1.29 is 14.3 Å². The van der Waals surface area contributed by atoms with Gasteiger partial charge in [0.1, 0.15) is 0 Å². The Morgan fingerprint density at radius 2 is 0.730 bits per heavy atom. The summed E-state index contributed by atoms with van der Waals surface area (Å²) in [5, 5.41) is 0.